The maximum Gasteiger partial charge on any atom is 0.459 e. The summed E-state index contributed by atoms with van der Waals surface area (Å²) in [5, 5.41) is 9.10. The van der Waals surface area contributed by atoms with Crippen molar-refractivity contribution in [1.29, 1.82) is 0 Å². The summed E-state index contributed by atoms with van der Waals surface area (Å²) in [5.74, 6) is -4.01. The molecule has 6 heteroatoms. The van der Waals surface area contributed by atoms with E-state index in [-0.39, 0.29) is 11.3 Å². The zero-order chi connectivity index (χ0) is 11.9. The zero-order valence-corrected chi connectivity index (χ0v) is 8.05. The Morgan fingerprint density at radius 3 is 2.40 bits per heavy atom. The number of hydrogen-bond acceptors (Lipinski definition) is 3. The van der Waals surface area contributed by atoms with Crippen LogP contribution in [0.3, 0.4) is 0 Å². The SMILES string of the molecule is CC(=O)C1=C(C)OC(O)(C(F)(F)F)C=C1. The molecule has 0 fully saturated rings. The number of ether oxygens (including phenoxy) is 1. The lowest BCUT2D eigenvalue weighted by atomic mass is 10.1. The van der Waals surface area contributed by atoms with Crippen LogP contribution in [-0.2, 0) is 9.53 Å². The van der Waals surface area contributed by atoms with Crippen LogP contribution in [0.1, 0.15) is 13.8 Å². The van der Waals surface area contributed by atoms with E-state index in [2.05, 4.69) is 4.74 Å². The lowest BCUT2D eigenvalue weighted by Crippen LogP contribution is -2.46. The Labute approximate surface area is 83.8 Å². The Morgan fingerprint density at radius 2 is 2.07 bits per heavy atom. The number of rotatable bonds is 1. The van der Waals surface area contributed by atoms with Gasteiger partial charge in [-0.05, 0) is 26.0 Å². The highest BCUT2D eigenvalue weighted by Gasteiger charge is 2.56. The second-order valence-electron chi connectivity index (χ2n) is 3.16. The number of ketones is 1. The third-order valence-electron chi connectivity index (χ3n) is 1.95. The molecule has 84 valence electrons. The standard InChI is InChI=1S/C9H9F3O3/c1-5(13)7-3-4-8(14,9(10,11)12)15-6(7)2/h3-4,14H,1-2H3. The molecule has 0 saturated heterocycles. The first-order valence-corrected chi connectivity index (χ1v) is 4.06. The highest BCUT2D eigenvalue weighted by Crippen LogP contribution is 2.37. The van der Waals surface area contributed by atoms with E-state index < -0.39 is 17.7 Å². The van der Waals surface area contributed by atoms with E-state index in [0.29, 0.717) is 6.08 Å². The van der Waals surface area contributed by atoms with Crippen molar-refractivity contribution in [3.8, 4) is 0 Å². The number of aliphatic hydroxyl groups is 1. The molecule has 1 N–H and O–H groups in total. The molecule has 0 saturated carbocycles. The summed E-state index contributed by atoms with van der Waals surface area (Å²) in [4.78, 5) is 10.9. The fourth-order valence-electron chi connectivity index (χ4n) is 1.15. The van der Waals surface area contributed by atoms with Crippen molar-refractivity contribution in [2.45, 2.75) is 25.8 Å². The van der Waals surface area contributed by atoms with Crippen LogP contribution in [0.25, 0.3) is 0 Å². The molecule has 1 heterocycles. The molecule has 0 aromatic heterocycles. The summed E-state index contributed by atoms with van der Waals surface area (Å²) in [7, 11) is 0. The predicted octanol–water partition coefficient (Wildman–Crippen LogP) is 1.69. The Balaban J connectivity index is 3.05. The molecule has 1 aliphatic heterocycles. The average Bonchev–Trinajstić information content (AvgIpc) is 2.00. The summed E-state index contributed by atoms with van der Waals surface area (Å²) in [6, 6.07) is 0. The van der Waals surface area contributed by atoms with Crippen LogP contribution >= 0.6 is 0 Å². The number of halogens is 3. The predicted molar refractivity (Wildman–Crippen MR) is 44.6 cm³/mol. The Morgan fingerprint density at radius 1 is 1.53 bits per heavy atom. The second kappa shape index (κ2) is 3.37. The van der Waals surface area contributed by atoms with Gasteiger partial charge in [-0.3, -0.25) is 4.79 Å². The number of carbonyl (C=O) groups is 1. The van der Waals surface area contributed by atoms with Gasteiger partial charge < -0.3 is 9.84 Å². The van der Waals surface area contributed by atoms with Crippen molar-refractivity contribution in [1.82, 2.24) is 0 Å². The Bertz CT molecular complexity index is 354. The zero-order valence-electron chi connectivity index (χ0n) is 8.05. The highest BCUT2D eigenvalue weighted by molar-refractivity contribution is 5.96. The number of hydrogen-bond donors (Lipinski definition) is 1. The number of alkyl halides is 3. The molecule has 15 heavy (non-hydrogen) atoms. The number of Topliss-reactive ketones (excluding diaryl/α,β-unsaturated/α-hetero) is 1. The molecule has 0 aromatic rings. The minimum atomic E-state index is -4.94. The second-order valence-corrected chi connectivity index (χ2v) is 3.16. The van der Waals surface area contributed by atoms with E-state index in [9.17, 15) is 18.0 Å². The molecule has 0 radical (unpaired) electrons. The third kappa shape index (κ3) is 2.04. The van der Waals surface area contributed by atoms with Crippen LogP contribution in [0.2, 0.25) is 0 Å². The molecule has 1 atom stereocenters. The lowest BCUT2D eigenvalue weighted by Gasteiger charge is -2.31. The first-order valence-electron chi connectivity index (χ1n) is 4.06. The Hall–Kier alpha value is -1.30. The van der Waals surface area contributed by atoms with Gasteiger partial charge in [0.05, 0.1) is 5.57 Å². The van der Waals surface area contributed by atoms with Crippen LogP contribution in [0.15, 0.2) is 23.5 Å². The molecule has 0 aliphatic carbocycles. The molecule has 0 bridgehead atoms. The van der Waals surface area contributed by atoms with E-state index >= 15 is 0 Å². The van der Waals surface area contributed by atoms with E-state index in [1.54, 1.807) is 0 Å². The molecule has 1 aliphatic rings. The molecule has 0 amide bonds. The van der Waals surface area contributed by atoms with Gasteiger partial charge in [0.2, 0.25) is 0 Å². The minimum absolute atomic E-state index is 0.0175. The largest absolute Gasteiger partial charge is 0.459 e. The summed E-state index contributed by atoms with van der Waals surface area (Å²) in [6.07, 6.45) is -3.61. The van der Waals surface area contributed by atoms with Gasteiger partial charge in [-0.25, -0.2) is 0 Å². The topological polar surface area (TPSA) is 46.5 Å². The molecular weight excluding hydrogens is 213 g/mol. The average molecular weight is 222 g/mol. The highest BCUT2D eigenvalue weighted by atomic mass is 19.4. The summed E-state index contributed by atoms with van der Waals surface area (Å²) in [5.41, 5.74) is 0.0175. The van der Waals surface area contributed by atoms with Crippen LogP contribution in [0, 0.1) is 0 Å². The quantitative estimate of drug-likeness (QED) is 0.734. The third-order valence-corrected chi connectivity index (χ3v) is 1.95. The minimum Gasteiger partial charge on any atom is -0.454 e. The van der Waals surface area contributed by atoms with Crippen molar-refractivity contribution < 1.29 is 27.8 Å². The molecule has 3 nitrogen and oxygen atoms in total. The molecule has 0 spiro atoms. The normalized spacial score (nSPS) is 26.5. The van der Waals surface area contributed by atoms with Crippen LogP contribution in [0.5, 0.6) is 0 Å². The molecule has 1 rings (SSSR count). The Kier molecular flexibility index (Phi) is 2.65. The van der Waals surface area contributed by atoms with Crippen molar-refractivity contribution in [2.75, 3.05) is 0 Å². The van der Waals surface area contributed by atoms with Gasteiger partial charge in [0.25, 0.3) is 0 Å². The van der Waals surface area contributed by atoms with E-state index in [1.165, 1.54) is 13.8 Å². The van der Waals surface area contributed by atoms with Crippen LogP contribution in [-0.4, -0.2) is 22.9 Å². The summed E-state index contributed by atoms with van der Waals surface area (Å²) < 4.78 is 41.2. The summed E-state index contributed by atoms with van der Waals surface area (Å²) >= 11 is 0. The van der Waals surface area contributed by atoms with Crippen molar-refractivity contribution in [3.05, 3.63) is 23.5 Å². The fourth-order valence-corrected chi connectivity index (χ4v) is 1.15. The van der Waals surface area contributed by atoms with Crippen LogP contribution < -0.4 is 0 Å². The van der Waals surface area contributed by atoms with Crippen LogP contribution in [0.4, 0.5) is 13.2 Å². The van der Waals surface area contributed by atoms with E-state index in [1.807, 2.05) is 0 Å². The first-order chi connectivity index (χ1) is 6.67. The number of allylic oxidation sites excluding steroid dienone is 3. The monoisotopic (exact) mass is 222 g/mol. The van der Waals surface area contributed by atoms with E-state index in [4.69, 9.17) is 5.11 Å². The molecular formula is C9H9F3O3. The van der Waals surface area contributed by atoms with Gasteiger partial charge in [-0.2, -0.15) is 13.2 Å². The smallest absolute Gasteiger partial charge is 0.454 e. The first kappa shape index (κ1) is 11.8. The van der Waals surface area contributed by atoms with Gasteiger partial charge in [-0.1, -0.05) is 0 Å². The van der Waals surface area contributed by atoms with Gasteiger partial charge in [-0.15, -0.1) is 0 Å². The fraction of sp³-hybridized carbons (Fsp3) is 0.444. The van der Waals surface area contributed by atoms with Crippen molar-refractivity contribution in [3.63, 3.8) is 0 Å². The molecule has 1 unspecified atom stereocenters. The molecule has 0 aromatic carbocycles. The van der Waals surface area contributed by atoms with Gasteiger partial charge in [0.15, 0.2) is 5.78 Å². The van der Waals surface area contributed by atoms with Crippen molar-refractivity contribution >= 4 is 5.78 Å². The maximum atomic E-state index is 12.3. The van der Waals surface area contributed by atoms with Gasteiger partial charge >= 0.3 is 12.0 Å². The van der Waals surface area contributed by atoms with E-state index in [0.717, 1.165) is 6.08 Å². The summed E-state index contributed by atoms with van der Waals surface area (Å²) in [6.45, 7) is 2.39. The maximum absolute atomic E-state index is 12.3. The number of carbonyl (C=O) groups excluding carboxylic acids is 1. The van der Waals surface area contributed by atoms with Crippen molar-refractivity contribution in [2.24, 2.45) is 0 Å². The van der Waals surface area contributed by atoms with Gasteiger partial charge in [0.1, 0.15) is 5.76 Å². The van der Waals surface area contributed by atoms with Gasteiger partial charge in [0, 0.05) is 0 Å². The lowest BCUT2D eigenvalue weighted by molar-refractivity contribution is -0.330.